The van der Waals surface area contributed by atoms with Crippen LogP contribution in [0.25, 0.3) is 0 Å². The van der Waals surface area contributed by atoms with Crippen molar-refractivity contribution in [1.82, 2.24) is 15.6 Å². The van der Waals surface area contributed by atoms with E-state index in [-0.39, 0.29) is 18.2 Å². The molecule has 0 bridgehead atoms. The molecule has 3 N–H and O–H groups in total. The van der Waals surface area contributed by atoms with Gasteiger partial charge in [0.2, 0.25) is 11.8 Å². The van der Waals surface area contributed by atoms with Crippen LogP contribution in [0.15, 0.2) is 48.7 Å². The van der Waals surface area contributed by atoms with Crippen LogP contribution in [-0.4, -0.2) is 35.3 Å². The number of carbonyl (C=O) groups excluding carboxylic acids is 3. The molecule has 1 aromatic heterocycles. The molecule has 2 heterocycles. The Labute approximate surface area is 144 Å². The average Bonchev–Trinajstić information content (AvgIpc) is 2.73. The van der Waals surface area contributed by atoms with Gasteiger partial charge >= 0.3 is 0 Å². The van der Waals surface area contributed by atoms with Crippen LogP contribution in [0.4, 0.5) is 5.69 Å². The van der Waals surface area contributed by atoms with E-state index in [0.717, 1.165) is 5.69 Å². The van der Waals surface area contributed by atoms with Crippen LogP contribution >= 0.6 is 0 Å². The second-order valence-electron chi connectivity index (χ2n) is 5.69. The van der Waals surface area contributed by atoms with Gasteiger partial charge in [-0.1, -0.05) is 18.2 Å². The van der Waals surface area contributed by atoms with Crippen molar-refractivity contribution in [3.8, 4) is 0 Å². The molecule has 0 saturated heterocycles. The summed E-state index contributed by atoms with van der Waals surface area (Å²) in [6.07, 6.45) is 2.18. The summed E-state index contributed by atoms with van der Waals surface area (Å²) in [5.74, 6) is -1.08. The molecular formula is C18H18N4O3. The van der Waals surface area contributed by atoms with Gasteiger partial charge in [0, 0.05) is 24.9 Å². The highest BCUT2D eigenvalue weighted by Gasteiger charge is 2.29. The van der Waals surface area contributed by atoms with Crippen LogP contribution < -0.4 is 16.0 Å². The van der Waals surface area contributed by atoms with Crippen LogP contribution in [-0.2, 0) is 16.0 Å². The third kappa shape index (κ3) is 4.20. The molecule has 25 heavy (non-hydrogen) atoms. The van der Waals surface area contributed by atoms with Crippen molar-refractivity contribution in [3.05, 3.63) is 59.9 Å². The van der Waals surface area contributed by atoms with E-state index >= 15 is 0 Å². The zero-order valence-electron chi connectivity index (χ0n) is 13.5. The lowest BCUT2D eigenvalue weighted by Crippen LogP contribution is -2.44. The summed E-state index contributed by atoms with van der Waals surface area (Å²) >= 11 is 0. The third-order valence-corrected chi connectivity index (χ3v) is 3.87. The average molecular weight is 338 g/mol. The molecule has 0 radical (unpaired) electrons. The van der Waals surface area contributed by atoms with Gasteiger partial charge in [-0.05, 0) is 24.3 Å². The van der Waals surface area contributed by atoms with Crippen molar-refractivity contribution in [3.63, 3.8) is 0 Å². The maximum absolute atomic E-state index is 12.2. The lowest BCUT2D eigenvalue weighted by Gasteiger charge is -2.14. The zero-order chi connectivity index (χ0) is 17.6. The summed E-state index contributed by atoms with van der Waals surface area (Å²) in [6, 6.07) is 11.4. The summed E-state index contributed by atoms with van der Waals surface area (Å²) in [4.78, 5) is 40.7. The first-order valence-electron chi connectivity index (χ1n) is 8.01. The van der Waals surface area contributed by atoms with E-state index < -0.39 is 11.9 Å². The molecule has 0 aliphatic carbocycles. The highest BCUT2D eigenvalue weighted by Crippen LogP contribution is 2.18. The molecule has 3 amide bonds. The van der Waals surface area contributed by atoms with Crippen molar-refractivity contribution < 1.29 is 14.4 Å². The van der Waals surface area contributed by atoms with Crippen LogP contribution in [0.3, 0.4) is 0 Å². The number of rotatable bonds is 5. The van der Waals surface area contributed by atoms with Gasteiger partial charge in [-0.15, -0.1) is 0 Å². The predicted octanol–water partition coefficient (Wildman–Crippen LogP) is 0.881. The maximum Gasteiger partial charge on any atom is 0.254 e. The van der Waals surface area contributed by atoms with Gasteiger partial charge in [-0.25, -0.2) is 0 Å². The fraction of sp³-hybridized carbons (Fsp3) is 0.222. The Balaban J connectivity index is 1.55. The minimum absolute atomic E-state index is 0.117. The maximum atomic E-state index is 12.2. The van der Waals surface area contributed by atoms with Gasteiger partial charge < -0.3 is 16.0 Å². The number of fused-ring (bicyclic) bond motifs is 1. The molecule has 2 aromatic rings. The molecule has 0 fully saturated rings. The van der Waals surface area contributed by atoms with E-state index in [0.29, 0.717) is 24.2 Å². The molecular weight excluding hydrogens is 320 g/mol. The topological polar surface area (TPSA) is 100 Å². The van der Waals surface area contributed by atoms with Gasteiger partial charge in [-0.3, -0.25) is 19.4 Å². The largest absolute Gasteiger partial charge is 0.356 e. The Bertz CT molecular complexity index is 792. The molecule has 3 rings (SSSR count). The normalized spacial score (nSPS) is 16.2. The van der Waals surface area contributed by atoms with E-state index in [9.17, 15) is 14.4 Å². The molecule has 0 spiro atoms. The Morgan fingerprint density at radius 1 is 1.12 bits per heavy atom. The number of benzene rings is 1. The molecule has 7 nitrogen and oxygen atoms in total. The molecule has 1 aliphatic rings. The van der Waals surface area contributed by atoms with E-state index in [2.05, 4.69) is 20.9 Å². The van der Waals surface area contributed by atoms with Crippen LogP contribution in [0, 0.1) is 0 Å². The minimum atomic E-state index is -0.908. The van der Waals surface area contributed by atoms with E-state index in [1.165, 1.54) is 0 Å². The summed E-state index contributed by atoms with van der Waals surface area (Å²) < 4.78 is 0. The Hall–Kier alpha value is -3.22. The molecule has 128 valence electrons. The molecule has 7 heteroatoms. The smallest absolute Gasteiger partial charge is 0.254 e. The van der Waals surface area contributed by atoms with Gasteiger partial charge in [0.1, 0.15) is 6.04 Å². The van der Waals surface area contributed by atoms with Crippen molar-refractivity contribution in [2.24, 2.45) is 0 Å². The number of nitrogens with zero attached hydrogens (tertiary/aromatic N) is 1. The molecule has 1 unspecified atom stereocenters. The standard InChI is InChI=1S/C18H18N4O3/c23-16(20-10-8-12-5-3-4-9-19-12)11-15-18(25)21-14-7-2-1-6-13(14)17(24)22-15/h1-7,9,15H,8,10-11H2,(H,20,23)(H,21,25)(H,22,24). The quantitative estimate of drug-likeness (QED) is 0.753. The predicted molar refractivity (Wildman–Crippen MR) is 91.9 cm³/mol. The Kier molecular flexibility index (Phi) is 5.03. The number of amides is 3. The molecule has 1 aliphatic heterocycles. The second-order valence-corrected chi connectivity index (χ2v) is 5.69. The summed E-state index contributed by atoms with van der Waals surface area (Å²) in [5.41, 5.74) is 1.70. The zero-order valence-corrected chi connectivity index (χ0v) is 13.5. The number of anilines is 1. The van der Waals surface area contributed by atoms with Crippen molar-refractivity contribution in [2.75, 3.05) is 11.9 Å². The number of para-hydroxylation sites is 1. The highest BCUT2D eigenvalue weighted by molar-refractivity contribution is 6.10. The minimum Gasteiger partial charge on any atom is -0.356 e. The lowest BCUT2D eigenvalue weighted by molar-refractivity contribution is -0.125. The van der Waals surface area contributed by atoms with Crippen molar-refractivity contribution >= 4 is 23.4 Å². The van der Waals surface area contributed by atoms with Gasteiger partial charge in [0.15, 0.2) is 0 Å². The third-order valence-electron chi connectivity index (χ3n) is 3.87. The van der Waals surface area contributed by atoms with E-state index in [1.807, 2.05) is 18.2 Å². The van der Waals surface area contributed by atoms with Crippen LogP contribution in [0.1, 0.15) is 22.5 Å². The Morgan fingerprint density at radius 2 is 1.92 bits per heavy atom. The van der Waals surface area contributed by atoms with Gasteiger partial charge in [0.05, 0.1) is 17.7 Å². The number of carbonyl (C=O) groups is 3. The first kappa shape index (κ1) is 16.6. The first-order chi connectivity index (χ1) is 12.1. The molecule has 0 saturated carbocycles. The number of pyridine rings is 1. The summed E-state index contributed by atoms with van der Waals surface area (Å²) in [5, 5.41) is 8.02. The van der Waals surface area contributed by atoms with Gasteiger partial charge in [0.25, 0.3) is 5.91 Å². The fourth-order valence-electron chi connectivity index (χ4n) is 2.59. The molecule has 1 aromatic carbocycles. The van der Waals surface area contributed by atoms with Crippen LogP contribution in [0.5, 0.6) is 0 Å². The second kappa shape index (κ2) is 7.57. The van der Waals surface area contributed by atoms with Gasteiger partial charge in [-0.2, -0.15) is 0 Å². The number of nitrogens with one attached hydrogen (secondary N) is 3. The van der Waals surface area contributed by atoms with E-state index in [1.54, 1.807) is 30.5 Å². The lowest BCUT2D eigenvalue weighted by atomic mass is 10.1. The van der Waals surface area contributed by atoms with E-state index in [4.69, 9.17) is 0 Å². The Morgan fingerprint density at radius 3 is 2.72 bits per heavy atom. The molecule has 1 atom stereocenters. The SMILES string of the molecule is O=C(CC1NC(=O)c2ccccc2NC1=O)NCCc1ccccn1. The number of hydrogen-bond acceptors (Lipinski definition) is 4. The number of aromatic nitrogens is 1. The fourth-order valence-corrected chi connectivity index (χ4v) is 2.59. The highest BCUT2D eigenvalue weighted by atomic mass is 16.2. The summed E-state index contributed by atoms with van der Waals surface area (Å²) in [7, 11) is 0. The monoisotopic (exact) mass is 338 g/mol. The summed E-state index contributed by atoms with van der Waals surface area (Å²) in [6.45, 7) is 0.415. The van der Waals surface area contributed by atoms with Crippen LogP contribution in [0.2, 0.25) is 0 Å². The van der Waals surface area contributed by atoms with Crippen molar-refractivity contribution in [1.29, 1.82) is 0 Å². The number of hydrogen-bond donors (Lipinski definition) is 3. The van der Waals surface area contributed by atoms with Crippen molar-refractivity contribution in [2.45, 2.75) is 18.9 Å². The first-order valence-corrected chi connectivity index (χ1v) is 8.01.